The molecule has 0 aromatic rings. The summed E-state index contributed by atoms with van der Waals surface area (Å²) in [5.74, 6) is -2.46. The Labute approximate surface area is 106 Å². The van der Waals surface area contributed by atoms with Crippen LogP contribution in [-0.4, -0.2) is 31.3 Å². The van der Waals surface area contributed by atoms with E-state index in [1.807, 2.05) is 0 Å². The standard InChI is InChI=1S/C13H20O5/c1-17-13-8-6-4-2-3-5-7-9(14)11(18-13)10(8)12(15)16/h8,10-11,13H,2-7H2,1H3,(H,15,16)/p-1/t8-,10-,11+,13-/m0/s1. The number of aliphatic carboxylic acids is 1. The Morgan fingerprint density at radius 1 is 1.33 bits per heavy atom. The fourth-order valence-corrected chi connectivity index (χ4v) is 3.02. The Bertz CT molecular complexity index is 327. The predicted molar refractivity (Wildman–Crippen MR) is 60.4 cm³/mol. The number of ketones is 1. The summed E-state index contributed by atoms with van der Waals surface area (Å²) in [4.78, 5) is 23.3. The summed E-state index contributed by atoms with van der Waals surface area (Å²) in [5, 5.41) is 11.3. The Hall–Kier alpha value is -0.940. The zero-order chi connectivity index (χ0) is 13.1. The molecular formula is C13H19O5-. The molecule has 0 N–H and O–H groups in total. The summed E-state index contributed by atoms with van der Waals surface area (Å²) in [6.45, 7) is 0. The van der Waals surface area contributed by atoms with Gasteiger partial charge in [-0.1, -0.05) is 19.3 Å². The lowest BCUT2D eigenvalue weighted by Crippen LogP contribution is -2.43. The molecule has 102 valence electrons. The van der Waals surface area contributed by atoms with Crippen molar-refractivity contribution in [2.24, 2.45) is 11.8 Å². The van der Waals surface area contributed by atoms with E-state index >= 15 is 0 Å². The molecule has 1 heterocycles. The van der Waals surface area contributed by atoms with Crippen molar-refractivity contribution >= 4 is 11.8 Å². The fourth-order valence-electron chi connectivity index (χ4n) is 3.02. The number of carbonyl (C=O) groups is 2. The number of ether oxygens (including phenoxy) is 2. The number of Topliss-reactive ketones (excluding diaryl/α,β-unsaturated/α-hetero) is 1. The first kappa shape index (κ1) is 13.5. The van der Waals surface area contributed by atoms with Crippen molar-refractivity contribution in [2.75, 3.05) is 7.11 Å². The molecule has 1 saturated carbocycles. The maximum atomic E-state index is 12.0. The van der Waals surface area contributed by atoms with Crippen molar-refractivity contribution in [2.45, 2.75) is 50.9 Å². The lowest BCUT2D eigenvalue weighted by atomic mass is 9.82. The van der Waals surface area contributed by atoms with Gasteiger partial charge in [0.2, 0.25) is 0 Å². The van der Waals surface area contributed by atoms with Crippen LogP contribution in [0.25, 0.3) is 0 Å². The number of fused-ring (bicyclic) bond motifs is 2. The molecule has 0 unspecified atom stereocenters. The van der Waals surface area contributed by atoms with Crippen molar-refractivity contribution < 1.29 is 24.2 Å². The van der Waals surface area contributed by atoms with Crippen LogP contribution < -0.4 is 5.11 Å². The molecule has 0 radical (unpaired) electrons. The Balaban J connectivity index is 2.24. The van der Waals surface area contributed by atoms with E-state index in [1.54, 1.807) is 0 Å². The summed E-state index contributed by atoms with van der Waals surface area (Å²) in [7, 11) is 1.48. The fraction of sp³-hybridized carbons (Fsp3) is 0.846. The van der Waals surface area contributed by atoms with Crippen LogP contribution in [0.2, 0.25) is 0 Å². The first-order valence-electron chi connectivity index (χ1n) is 6.57. The molecule has 4 atom stereocenters. The summed E-state index contributed by atoms with van der Waals surface area (Å²) in [5.41, 5.74) is 0. The zero-order valence-electron chi connectivity index (χ0n) is 10.6. The third kappa shape index (κ3) is 2.57. The summed E-state index contributed by atoms with van der Waals surface area (Å²) >= 11 is 0. The smallest absolute Gasteiger partial charge is 0.162 e. The SMILES string of the molecule is CO[C@H]1O[C@@H]2C(=O)CCCCCC[C@H]1[C@@H]2C(=O)[O-]. The van der Waals surface area contributed by atoms with E-state index in [1.165, 1.54) is 7.11 Å². The molecule has 2 bridgehead atoms. The number of carbonyl (C=O) groups excluding carboxylic acids is 2. The average molecular weight is 255 g/mol. The predicted octanol–water partition coefficient (Wildman–Crippen LogP) is 0.263. The number of carboxylic acids is 1. The van der Waals surface area contributed by atoms with Gasteiger partial charge < -0.3 is 19.4 Å². The minimum Gasteiger partial charge on any atom is -0.550 e. The molecule has 2 rings (SSSR count). The number of rotatable bonds is 2. The zero-order valence-corrected chi connectivity index (χ0v) is 10.6. The van der Waals surface area contributed by atoms with Crippen molar-refractivity contribution in [3.05, 3.63) is 0 Å². The van der Waals surface area contributed by atoms with E-state index in [9.17, 15) is 14.7 Å². The molecule has 1 aliphatic heterocycles. The van der Waals surface area contributed by atoms with Crippen LogP contribution >= 0.6 is 0 Å². The highest BCUT2D eigenvalue weighted by Crippen LogP contribution is 2.38. The van der Waals surface area contributed by atoms with Gasteiger partial charge in [0, 0.05) is 31.3 Å². The third-order valence-electron chi connectivity index (χ3n) is 3.95. The van der Waals surface area contributed by atoms with E-state index in [-0.39, 0.29) is 11.7 Å². The van der Waals surface area contributed by atoms with Gasteiger partial charge in [-0.05, 0) is 12.8 Å². The summed E-state index contributed by atoms with van der Waals surface area (Å²) < 4.78 is 10.7. The van der Waals surface area contributed by atoms with E-state index in [2.05, 4.69) is 0 Å². The second-order valence-corrected chi connectivity index (χ2v) is 5.09. The van der Waals surface area contributed by atoms with Gasteiger partial charge in [0.1, 0.15) is 6.10 Å². The van der Waals surface area contributed by atoms with Crippen LogP contribution in [-0.2, 0) is 19.1 Å². The van der Waals surface area contributed by atoms with Gasteiger partial charge in [0.05, 0.1) is 0 Å². The largest absolute Gasteiger partial charge is 0.550 e. The monoisotopic (exact) mass is 255 g/mol. The highest BCUT2D eigenvalue weighted by molar-refractivity contribution is 5.88. The number of carboxylic acid groups (broad SMARTS) is 1. The van der Waals surface area contributed by atoms with Gasteiger partial charge >= 0.3 is 0 Å². The van der Waals surface area contributed by atoms with Gasteiger partial charge in [0.15, 0.2) is 12.1 Å². The quantitative estimate of drug-likeness (QED) is 0.707. The maximum absolute atomic E-state index is 12.0. The molecule has 2 fully saturated rings. The minimum atomic E-state index is -1.20. The number of hydrogen-bond acceptors (Lipinski definition) is 5. The highest BCUT2D eigenvalue weighted by Gasteiger charge is 2.47. The first-order chi connectivity index (χ1) is 8.65. The van der Waals surface area contributed by atoms with Crippen LogP contribution in [0.3, 0.4) is 0 Å². The van der Waals surface area contributed by atoms with Crippen molar-refractivity contribution in [3.63, 3.8) is 0 Å². The second-order valence-electron chi connectivity index (χ2n) is 5.09. The Morgan fingerprint density at radius 2 is 2.06 bits per heavy atom. The van der Waals surface area contributed by atoms with Crippen LogP contribution in [0.1, 0.15) is 38.5 Å². The van der Waals surface area contributed by atoms with Gasteiger partial charge in [-0.2, -0.15) is 0 Å². The average Bonchev–Trinajstić information content (AvgIpc) is 2.70. The molecule has 0 amide bonds. The molecule has 0 aromatic carbocycles. The molecule has 5 nitrogen and oxygen atoms in total. The van der Waals surface area contributed by atoms with Gasteiger partial charge in [0.25, 0.3) is 0 Å². The summed E-state index contributed by atoms with van der Waals surface area (Å²) in [6.07, 6.45) is 3.39. The lowest BCUT2D eigenvalue weighted by molar-refractivity contribution is -0.313. The normalized spacial score (nSPS) is 37.5. The molecule has 18 heavy (non-hydrogen) atoms. The van der Waals surface area contributed by atoms with Gasteiger partial charge in [-0.25, -0.2) is 0 Å². The van der Waals surface area contributed by atoms with Gasteiger partial charge in [-0.3, -0.25) is 4.79 Å². The topological polar surface area (TPSA) is 75.7 Å². The lowest BCUT2D eigenvalue weighted by Gasteiger charge is -2.24. The maximum Gasteiger partial charge on any atom is 0.162 e. The van der Waals surface area contributed by atoms with E-state index < -0.39 is 24.3 Å². The third-order valence-corrected chi connectivity index (χ3v) is 3.95. The Morgan fingerprint density at radius 3 is 2.72 bits per heavy atom. The van der Waals surface area contributed by atoms with Crippen LogP contribution in [0.4, 0.5) is 0 Å². The van der Waals surface area contributed by atoms with Crippen molar-refractivity contribution in [1.29, 1.82) is 0 Å². The molecular weight excluding hydrogens is 236 g/mol. The minimum absolute atomic E-state index is 0.129. The van der Waals surface area contributed by atoms with Gasteiger partial charge in [-0.15, -0.1) is 0 Å². The molecule has 1 aliphatic carbocycles. The molecule has 0 spiro atoms. The summed E-state index contributed by atoms with van der Waals surface area (Å²) in [6, 6.07) is 0. The number of methoxy groups -OCH3 is 1. The first-order valence-corrected chi connectivity index (χ1v) is 6.57. The number of hydrogen-bond donors (Lipinski definition) is 0. The van der Waals surface area contributed by atoms with Crippen LogP contribution in [0, 0.1) is 11.8 Å². The van der Waals surface area contributed by atoms with Crippen molar-refractivity contribution in [1.82, 2.24) is 0 Å². The second kappa shape index (κ2) is 5.80. The Kier molecular flexibility index (Phi) is 4.35. The molecule has 1 saturated heterocycles. The molecule has 5 heteroatoms. The molecule has 2 aliphatic rings. The van der Waals surface area contributed by atoms with Crippen molar-refractivity contribution in [3.8, 4) is 0 Å². The highest BCUT2D eigenvalue weighted by atomic mass is 16.7. The molecule has 0 aromatic heterocycles. The van der Waals surface area contributed by atoms with E-state index in [0.717, 1.165) is 25.7 Å². The van der Waals surface area contributed by atoms with E-state index in [0.29, 0.717) is 12.8 Å². The van der Waals surface area contributed by atoms with Crippen LogP contribution in [0.15, 0.2) is 0 Å². The van der Waals surface area contributed by atoms with Crippen LogP contribution in [0.5, 0.6) is 0 Å². The van der Waals surface area contributed by atoms with E-state index in [4.69, 9.17) is 9.47 Å².